The Bertz CT molecular complexity index is 950. The summed E-state index contributed by atoms with van der Waals surface area (Å²) in [5.74, 6) is -1.15. The molecule has 3 heterocycles. The first-order chi connectivity index (χ1) is 13.2. The molecule has 2 saturated carbocycles. The van der Waals surface area contributed by atoms with Crippen LogP contribution in [0.5, 0.6) is 0 Å². The van der Waals surface area contributed by atoms with Crippen molar-refractivity contribution in [2.45, 2.75) is 48.8 Å². The van der Waals surface area contributed by atoms with E-state index in [0.29, 0.717) is 6.42 Å². The summed E-state index contributed by atoms with van der Waals surface area (Å²) < 4.78 is 0. The summed E-state index contributed by atoms with van der Waals surface area (Å²) in [7, 11) is 0. The van der Waals surface area contributed by atoms with Crippen LogP contribution >= 0.6 is 23.1 Å². The van der Waals surface area contributed by atoms with Gasteiger partial charge in [-0.15, -0.1) is 11.8 Å². The van der Waals surface area contributed by atoms with Gasteiger partial charge in [0.2, 0.25) is 11.8 Å². The van der Waals surface area contributed by atoms with Gasteiger partial charge >= 0.3 is 10.8 Å². The van der Waals surface area contributed by atoms with Gasteiger partial charge in [0.05, 0.1) is 16.9 Å². The van der Waals surface area contributed by atoms with E-state index < -0.39 is 5.97 Å². The highest BCUT2D eigenvalue weighted by atomic mass is 32.2. The first kappa shape index (κ1) is 18.4. The Balaban J connectivity index is 1.46. The first-order valence-electron chi connectivity index (χ1n) is 9.69. The molecule has 5 rings (SSSR count). The van der Waals surface area contributed by atoms with Gasteiger partial charge in [0.25, 0.3) is 0 Å². The van der Waals surface area contributed by atoms with Gasteiger partial charge in [-0.2, -0.15) is 0 Å². The number of H-pyrrole nitrogens is 1. The number of carboxylic acids is 1. The predicted molar refractivity (Wildman–Crippen MR) is 103 cm³/mol. The van der Waals surface area contributed by atoms with Gasteiger partial charge in [-0.3, -0.25) is 24.1 Å². The second kappa shape index (κ2) is 5.95. The topological polar surface area (TPSA) is 108 Å². The fraction of sp³-hybridized carbons (Fsp3) is 0.684. The number of thioether (sulfide) groups is 1. The average Bonchev–Trinajstić information content (AvgIpc) is 3.32. The number of imide groups is 1. The highest BCUT2D eigenvalue weighted by Gasteiger charge is 2.70. The maximum Gasteiger partial charge on any atom is 0.305 e. The molecule has 1 aromatic rings. The van der Waals surface area contributed by atoms with Crippen LogP contribution in [0, 0.1) is 29.6 Å². The number of nitrogens with one attached hydrogen (secondary N) is 1. The minimum absolute atomic E-state index is 0.0407. The monoisotopic (exact) mass is 422 g/mol. The second-order valence-electron chi connectivity index (χ2n) is 8.94. The largest absolute Gasteiger partial charge is 0.481 e. The van der Waals surface area contributed by atoms with Crippen LogP contribution in [0.25, 0.3) is 0 Å². The lowest BCUT2D eigenvalue weighted by Gasteiger charge is -2.47. The van der Waals surface area contributed by atoms with E-state index in [1.807, 2.05) is 0 Å². The molecule has 2 N–H and O–H groups in total. The number of aromatic nitrogens is 1. The lowest BCUT2D eigenvalue weighted by atomic mass is 9.64. The molecule has 0 spiro atoms. The Morgan fingerprint density at radius 3 is 2.57 bits per heavy atom. The maximum absolute atomic E-state index is 13.1. The summed E-state index contributed by atoms with van der Waals surface area (Å²) in [6.45, 7) is 4.52. The van der Waals surface area contributed by atoms with Crippen molar-refractivity contribution in [2.24, 2.45) is 29.6 Å². The zero-order valence-corrected chi connectivity index (χ0v) is 17.3. The Morgan fingerprint density at radius 1 is 1.21 bits per heavy atom. The molecule has 1 aromatic heterocycles. The zero-order chi connectivity index (χ0) is 20.0. The Labute approximate surface area is 169 Å². The summed E-state index contributed by atoms with van der Waals surface area (Å²) in [6, 6.07) is 0. The van der Waals surface area contributed by atoms with Crippen molar-refractivity contribution in [3.05, 3.63) is 14.5 Å². The van der Waals surface area contributed by atoms with Crippen LogP contribution in [0.1, 0.15) is 38.0 Å². The van der Waals surface area contributed by atoms with Crippen molar-refractivity contribution >= 4 is 40.9 Å². The number of aromatic amines is 1. The summed E-state index contributed by atoms with van der Waals surface area (Å²) in [5.41, 5.74) is -0.209. The number of fused-ring (bicyclic) bond motifs is 9. The number of carboxylic acid groups (broad SMARTS) is 1. The van der Waals surface area contributed by atoms with Crippen molar-refractivity contribution in [1.29, 1.82) is 0 Å². The third-order valence-electron chi connectivity index (χ3n) is 7.25. The quantitative estimate of drug-likeness (QED) is 0.718. The van der Waals surface area contributed by atoms with E-state index in [9.17, 15) is 19.2 Å². The molecule has 150 valence electrons. The van der Waals surface area contributed by atoms with E-state index in [0.717, 1.165) is 16.3 Å². The fourth-order valence-corrected chi connectivity index (χ4v) is 9.48. The van der Waals surface area contributed by atoms with E-state index in [2.05, 4.69) is 18.8 Å². The lowest BCUT2D eigenvalue weighted by Crippen LogP contribution is -2.48. The SMILES string of the molecule is CC1(C)c2sc(=O)[nH]c2S[C@H]2[C@@H]3C[C@H]([C@H]4C(=O)N(CCCC(=O)O)C(=O)[C@H]34)[C@H]21. The number of thiazole rings is 1. The third-order valence-corrected chi connectivity index (χ3v) is 10.1. The van der Waals surface area contributed by atoms with Gasteiger partial charge in [0.1, 0.15) is 0 Å². The van der Waals surface area contributed by atoms with E-state index in [1.54, 1.807) is 11.8 Å². The van der Waals surface area contributed by atoms with Crippen LogP contribution < -0.4 is 4.87 Å². The molecule has 4 aliphatic rings. The van der Waals surface area contributed by atoms with Gasteiger partial charge in [-0.05, 0) is 30.6 Å². The lowest BCUT2D eigenvalue weighted by molar-refractivity contribution is -0.142. The molecule has 3 fully saturated rings. The van der Waals surface area contributed by atoms with Gasteiger partial charge in [0, 0.05) is 28.5 Å². The van der Waals surface area contributed by atoms with Crippen LogP contribution in [-0.2, 0) is 19.8 Å². The molecule has 28 heavy (non-hydrogen) atoms. The second-order valence-corrected chi connectivity index (χ2v) is 11.1. The van der Waals surface area contributed by atoms with Gasteiger partial charge in [-0.1, -0.05) is 25.2 Å². The van der Waals surface area contributed by atoms with Crippen LogP contribution in [0.15, 0.2) is 9.82 Å². The molecule has 0 unspecified atom stereocenters. The molecule has 0 aromatic carbocycles. The highest BCUT2D eigenvalue weighted by Crippen LogP contribution is 2.68. The number of carbonyl (C=O) groups is 3. The number of likely N-dealkylation sites (tertiary alicyclic amines) is 1. The number of rotatable bonds is 4. The van der Waals surface area contributed by atoms with E-state index in [-0.39, 0.29) is 69.9 Å². The molecule has 2 amide bonds. The average molecular weight is 423 g/mol. The predicted octanol–water partition coefficient (Wildman–Crippen LogP) is 1.92. The Kier molecular flexibility index (Phi) is 3.91. The standard InChI is InChI=1S/C19H22N2O5S2/c1-19(2)12-7-6-8(13(12)27-15-14(19)28-18(26)20-15)11-10(7)16(24)21(17(11)25)5-3-4-9(22)23/h7-8,10-13H,3-6H2,1-2H3,(H,20,26)(H,22,23)/t7-,8-,10-,11-,12-,13+/m1/s1. The van der Waals surface area contributed by atoms with E-state index >= 15 is 0 Å². The molecule has 9 heteroatoms. The van der Waals surface area contributed by atoms with Crippen LogP contribution in [0.4, 0.5) is 0 Å². The number of carbonyl (C=O) groups excluding carboxylic acids is 2. The molecule has 2 aliphatic heterocycles. The van der Waals surface area contributed by atoms with Gasteiger partial charge in [-0.25, -0.2) is 0 Å². The van der Waals surface area contributed by atoms with Crippen molar-refractivity contribution in [1.82, 2.24) is 9.88 Å². The van der Waals surface area contributed by atoms with Crippen molar-refractivity contribution in [3.63, 3.8) is 0 Å². The molecule has 2 bridgehead atoms. The van der Waals surface area contributed by atoms with Crippen molar-refractivity contribution in [2.75, 3.05) is 6.54 Å². The number of amides is 2. The van der Waals surface area contributed by atoms with Crippen LogP contribution in [-0.4, -0.2) is 44.6 Å². The summed E-state index contributed by atoms with van der Waals surface area (Å²) in [4.78, 5) is 54.2. The minimum atomic E-state index is -0.913. The number of hydrogen-bond donors (Lipinski definition) is 2. The molecule has 0 radical (unpaired) electrons. The minimum Gasteiger partial charge on any atom is -0.481 e. The van der Waals surface area contributed by atoms with E-state index in [1.165, 1.54) is 16.2 Å². The molecule has 1 saturated heterocycles. The molecule has 7 nitrogen and oxygen atoms in total. The molecule has 6 atom stereocenters. The van der Waals surface area contributed by atoms with Crippen LogP contribution in [0.2, 0.25) is 0 Å². The number of hydrogen-bond acceptors (Lipinski definition) is 6. The van der Waals surface area contributed by atoms with E-state index in [4.69, 9.17) is 5.11 Å². The highest BCUT2D eigenvalue weighted by molar-refractivity contribution is 8.00. The maximum atomic E-state index is 13.1. The number of nitrogens with zero attached hydrogens (tertiary/aromatic N) is 1. The smallest absolute Gasteiger partial charge is 0.305 e. The Hall–Kier alpha value is -1.61. The summed E-state index contributed by atoms with van der Waals surface area (Å²) in [6.07, 6.45) is 1.15. The molecule has 2 aliphatic carbocycles. The fourth-order valence-electron chi connectivity index (χ4n) is 6.32. The first-order valence-corrected chi connectivity index (χ1v) is 11.4. The molecular formula is C19H22N2O5S2. The molecular weight excluding hydrogens is 400 g/mol. The van der Waals surface area contributed by atoms with Crippen molar-refractivity contribution in [3.8, 4) is 0 Å². The normalized spacial score (nSPS) is 37.1. The summed E-state index contributed by atoms with van der Waals surface area (Å²) in [5, 5.41) is 10.0. The zero-order valence-electron chi connectivity index (χ0n) is 15.6. The number of aliphatic carboxylic acids is 1. The Morgan fingerprint density at radius 2 is 1.89 bits per heavy atom. The van der Waals surface area contributed by atoms with Crippen LogP contribution in [0.3, 0.4) is 0 Å². The summed E-state index contributed by atoms with van der Waals surface area (Å²) >= 11 is 2.95. The van der Waals surface area contributed by atoms with Gasteiger partial charge < -0.3 is 10.1 Å². The van der Waals surface area contributed by atoms with Crippen molar-refractivity contribution < 1.29 is 19.5 Å². The third kappa shape index (κ3) is 2.29. The van der Waals surface area contributed by atoms with Gasteiger partial charge in [0.15, 0.2) is 0 Å².